The summed E-state index contributed by atoms with van der Waals surface area (Å²) in [5, 5.41) is 3.03. The molecule has 4 aromatic heterocycles. The fourth-order valence-electron chi connectivity index (χ4n) is 6.45. The Balaban J connectivity index is 0.873. The van der Waals surface area contributed by atoms with Crippen LogP contribution in [0.1, 0.15) is 21.5 Å². The molecule has 0 fully saturated rings. The minimum absolute atomic E-state index is 0.153. The number of anilines is 1. The summed E-state index contributed by atoms with van der Waals surface area (Å²) < 4.78 is 8.36. The van der Waals surface area contributed by atoms with E-state index < -0.39 is 0 Å². The van der Waals surface area contributed by atoms with Crippen molar-refractivity contribution in [2.75, 3.05) is 5.32 Å². The van der Waals surface area contributed by atoms with Gasteiger partial charge in [0.15, 0.2) is 49.6 Å². The van der Waals surface area contributed by atoms with Crippen LogP contribution in [0.4, 0.5) is 5.69 Å². The highest BCUT2D eigenvalue weighted by molar-refractivity contribution is 6.04. The monoisotopic (exact) mass is 689 g/mol. The van der Waals surface area contributed by atoms with E-state index in [0.29, 0.717) is 5.56 Å². The van der Waals surface area contributed by atoms with Crippen LogP contribution in [0.15, 0.2) is 195 Å². The molecule has 53 heavy (non-hydrogen) atoms. The van der Waals surface area contributed by atoms with Gasteiger partial charge in [0.2, 0.25) is 22.7 Å². The number of carbonyl (C=O) groups excluding carboxylic acids is 1. The fraction of sp³-hybridized carbons (Fsp3) is 0.0426. The van der Waals surface area contributed by atoms with Crippen LogP contribution in [0.5, 0.6) is 0 Å². The van der Waals surface area contributed by atoms with Gasteiger partial charge >= 0.3 is 0 Å². The number of amides is 1. The van der Waals surface area contributed by atoms with E-state index in [4.69, 9.17) is 0 Å². The van der Waals surface area contributed by atoms with Gasteiger partial charge in [0.1, 0.15) is 0 Å². The third-order valence-electron chi connectivity index (χ3n) is 9.43. The number of nitrogens with zero attached hydrogens (tertiary/aromatic N) is 4. The van der Waals surface area contributed by atoms with Crippen LogP contribution in [0.25, 0.3) is 45.0 Å². The molecule has 4 heterocycles. The number of hydrogen-bond acceptors (Lipinski definition) is 1. The Bertz CT molecular complexity index is 2510. The minimum Gasteiger partial charge on any atom is -0.322 e. The van der Waals surface area contributed by atoms with Gasteiger partial charge in [0.25, 0.3) is 5.91 Å². The molecule has 8 aromatic rings. The molecule has 0 saturated heterocycles. The van der Waals surface area contributed by atoms with Crippen molar-refractivity contribution in [2.24, 2.45) is 0 Å². The van der Waals surface area contributed by atoms with Gasteiger partial charge in [0, 0.05) is 108 Å². The quantitative estimate of drug-likeness (QED) is 0.162. The molecule has 6 heteroatoms. The Kier molecular flexibility index (Phi) is 9.16. The summed E-state index contributed by atoms with van der Waals surface area (Å²) in [6.45, 7) is 4.21. The molecular weight excluding hydrogens is 651 g/mol. The zero-order valence-electron chi connectivity index (χ0n) is 29.7. The van der Waals surface area contributed by atoms with Gasteiger partial charge in [-0.05, 0) is 71.5 Å². The molecule has 0 aliphatic heterocycles. The summed E-state index contributed by atoms with van der Waals surface area (Å²) in [7, 11) is 0. The maximum atomic E-state index is 13.1. The highest BCUT2D eigenvalue weighted by atomic mass is 16.1. The van der Waals surface area contributed by atoms with Crippen molar-refractivity contribution in [3.8, 4) is 45.0 Å². The molecular formula is C47H39N5O+4. The first-order valence-electron chi connectivity index (χ1n) is 17.7. The van der Waals surface area contributed by atoms with Crippen molar-refractivity contribution in [1.82, 2.24) is 0 Å². The molecule has 4 aromatic carbocycles. The van der Waals surface area contributed by atoms with Crippen LogP contribution >= 0.6 is 0 Å². The zero-order chi connectivity index (χ0) is 36.1. The molecule has 0 aliphatic rings. The highest BCUT2D eigenvalue weighted by Gasteiger charge is 2.14. The number of aromatic nitrogens is 4. The van der Waals surface area contributed by atoms with Crippen LogP contribution in [0.2, 0.25) is 0 Å². The van der Waals surface area contributed by atoms with Crippen LogP contribution in [-0.2, 0) is 0 Å². The predicted octanol–water partition coefficient (Wildman–Crippen LogP) is 8.00. The number of pyridine rings is 4. The van der Waals surface area contributed by atoms with Gasteiger partial charge in [-0.3, -0.25) is 4.79 Å². The van der Waals surface area contributed by atoms with Crippen LogP contribution in [0, 0.1) is 13.8 Å². The molecule has 1 amide bonds. The summed E-state index contributed by atoms with van der Waals surface area (Å²) in [5.74, 6) is -0.153. The number of benzene rings is 4. The normalized spacial score (nSPS) is 10.9. The van der Waals surface area contributed by atoms with Crippen molar-refractivity contribution in [3.05, 3.63) is 212 Å². The van der Waals surface area contributed by atoms with Gasteiger partial charge in [-0.15, -0.1) is 0 Å². The third kappa shape index (κ3) is 7.53. The second-order valence-corrected chi connectivity index (χ2v) is 13.2. The van der Waals surface area contributed by atoms with E-state index in [0.717, 1.165) is 50.7 Å². The maximum Gasteiger partial charge on any atom is 0.255 e. The lowest BCUT2D eigenvalue weighted by molar-refractivity contribution is -0.596. The summed E-state index contributed by atoms with van der Waals surface area (Å²) in [5.41, 5.74) is 12.6. The first-order chi connectivity index (χ1) is 25.9. The van der Waals surface area contributed by atoms with Gasteiger partial charge in [-0.25, -0.2) is 0 Å². The zero-order valence-corrected chi connectivity index (χ0v) is 29.7. The summed E-state index contributed by atoms with van der Waals surface area (Å²) >= 11 is 0. The third-order valence-corrected chi connectivity index (χ3v) is 9.43. The standard InChI is InChI=1S/C47H38N5O/c1-35-5-3-7-45(33-35)51-29-21-39(22-30-51)37-17-25-49(26-18-37)43-13-9-41(10-14-43)47(53)48-42-11-15-44(16-12-42)50-27-19-38(20-28-50)40-23-31-52(32-24-40)46-8-4-6-36(2)34-46/h3-34H,1-2H3/q+3/p+1. The van der Waals surface area contributed by atoms with Gasteiger partial charge in [0.05, 0.1) is 0 Å². The number of hydrogen-bond donors (Lipinski definition) is 1. The van der Waals surface area contributed by atoms with E-state index in [1.807, 2.05) is 65.5 Å². The van der Waals surface area contributed by atoms with Gasteiger partial charge in [-0.2, -0.15) is 18.3 Å². The SMILES string of the molecule is Cc1cccc(-[n+]2ccc(-c3cc[n+](-c4ccc(NC(=O)c5ccc(-[n+]6ccc(-c7cc[n+](-c8cccc(C)c8)cc7)cc6)cc5)cc4)cc3)cc2)c1. The van der Waals surface area contributed by atoms with E-state index in [-0.39, 0.29) is 5.91 Å². The van der Waals surface area contributed by atoms with Crippen molar-refractivity contribution in [2.45, 2.75) is 13.8 Å². The number of nitrogens with one attached hydrogen (secondary N) is 1. The fourth-order valence-corrected chi connectivity index (χ4v) is 6.45. The molecule has 254 valence electrons. The average Bonchev–Trinajstić information content (AvgIpc) is 3.21. The molecule has 0 saturated carbocycles. The molecule has 0 unspecified atom stereocenters. The predicted molar refractivity (Wildman–Crippen MR) is 207 cm³/mol. The topological polar surface area (TPSA) is 44.6 Å². The first kappa shape index (κ1) is 33.1. The number of rotatable bonds is 8. The van der Waals surface area contributed by atoms with E-state index in [1.54, 1.807) is 0 Å². The molecule has 6 nitrogen and oxygen atoms in total. The number of aryl methyl sites for hydroxylation is 2. The van der Waals surface area contributed by atoms with Crippen molar-refractivity contribution in [1.29, 1.82) is 0 Å². The maximum absolute atomic E-state index is 13.1. The Labute approximate surface area is 309 Å². The van der Waals surface area contributed by atoms with E-state index >= 15 is 0 Å². The molecule has 0 spiro atoms. The molecule has 0 aliphatic carbocycles. The largest absolute Gasteiger partial charge is 0.322 e. The van der Waals surface area contributed by atoms with Crippen molar-refractivity contribution < 1.29 is 23.1 Å². The van der Waals surface area contributed by atoms with E-state index in [1.165, 1.54) is 11.1 Å². The number of carbonyl (C=O) groups is 1. The Morgan fingerprint density at radius 3 is 1.09 bits per heavy atom. The van der Waals surface area contributed by atoms with Crippen molar-refractivity contribution in [3.63, 3.8) is 0 Å². The van der Waals surface area contributed by atoms with Gasteiger partial charge < -0.3 is 5.32 Å². The van der Waals surface area contributed by atoms with E-state index in [9.17, 15) is 4.79 Å². The van der Waals surface area contributed by atoms with Crippen LogP contribution in [0.3, 0.4) is 0 Å². The Morgan fingerprint density at radius 1 is 0.396 bits per heavy atom. The summed E-state index contributed by atoms with van der Waals surface area (Å²) in [6, 6.07) is 49.4. The highest BCUT2D eigenvalue weighted by Crippen LogP contribution is 2.19. The Morgan fingerprint density at radius 2 is 0.736 bits per heavy atom. The van der Waals surface area contributed by atoms with Gasteiger partial charge in [-0.1, -0.05) is 24.3 Å². The lowest BCUT2D eigenvalue weighted by Gasteiger charge is -2.06. The molecule has 8 rings (SSSR count). The Hall–Kier alpha value is -7.05. The molecule has 0 radical (unpaired) electrons. The smallest absolute Gasteiger partial charge is 0.255 e. The van der Waals surface area contributed by atoms with Crippen LogP contribution in [-0.4, -0.2) is 5.91 Å². The molecule has 0 bridgehead atoms. The average molecular weight is 690 g/mol. The van der Waals surface area contributed by atoms with Crippen molar-refractivity contribution >= 4 is 11.6 Å². The first-order valence-corrected chi connectivity index (χ1v) is 17.7. The van der Waals surface area contributed by atoms with Crippen LogP contribution < -0.4 is 23.6 Å². The lowest BCUT2D eigenvalue weighted by Crippen LogP contribution is -2.30. The summed E-state index contributed by atoms with van der Waals surface area (Å²) in [6.07, 6.45) is 16.6. The minimum atomic E-state index is -0.153. The summed E-state index contributed by atoms with van der Waals surface area (Å²) in [4.78, 5) is 13.1. The second kappa shape index (κ2) is 14.7. The second-order valence-electron chi connectivity index (χ2n) is 13.2. The molecule has 1 N–H and O–H groups in total. The lowest BCUT2D eigenvalue weighted by atomic mass is 10.1. The van der Waals surface area contributed by atoms with E-state index in [2.05, 4.69) is 167 Å². The molecule has 0 atom stereocenters.